The molecule has 0 radical (unpaired) electrons. The minimum atomic E-state index is -1.09. The number of piperidine rings is 3. The van der Waals surface area contributed by atoms with Crippen molar-refractivity contribution in [2.75, 3.05) is 42.5 Å². The molecule has 2 aromatic rings. The van der Waals surface area contributed by atoms with Crippen LogP contribution >= 0.6 is 0 Å². The molecule has 14 heteroatoms. The second-order valence-corrected chi connectivity index (χ2v) is 12.0. The number of nitrogens with one attached hydrogen (secondary N) is 1. The van der Waals surface area contributed by atoms with Crippen LogP contribution in [0.4, 0.5) is 15.9 Å². The maximum Gasteiger partial charge on any atom is 0.269 e. The van der Waals surface area contributed by atoms with Crippen molar-refractivity contribution in [2.24, 2.45) is 11.7 Å². The van der Waals surface area contributed by atoms with E-state index in [1.165, 1.54) is 6.07 Å². The van der Waals surface area contributed by atoms with Crippen molar-refractivity contribution in [3.8, 4) is 0 Å². The number of hydrogen-bond donors (Lipinski definition) is 2. The van der Waals surface area contributed by atoms with Gasteiger partial charge in [-0.3, -0.25) is 39.1 Å². The molecule has 3 unspecified atom stereocenters. The molecule has 0 spiro atoms. The van der Waals surface area contributed by atoms with Crippen LogP contribution in [0.5, 0.6) is 0 Å². The van der Waals surface area contributed by atoms with Gasteiger partial charge in [0.05, 0.1) is 16.8 Å². The monoisotopic (exact) mass is 590 g/mol. The third-order valence-corrected chi connectivity index (χ3v) is 9.50. The van der Waals surface area contributed by atoms with E-state index in [4.69, 9.17) is 5.73 Å². The van der Waals surface area contributed by atoms with Gasteiger partial charge in [-0.2, -0.15) is 0 Å². The zero-order valence-corrected chi connectivity index (χ0v) is 23.4. The molecule has 3 atom stereocenters. The first kappa shape index (κ1) is 27.4. The number of hydrogen-bond acceptors (Lipinski definition) is 10. The Bertz CT molecular complexity index is 1530. The number of nitrogens with two attached hydrogens (primary N) is 1. The van der Waals surface area contributed by atoms with Crippen LogP contribution in [-0.2, 0) is 9.59 Å². The molecular weight excluding hydrogens is 559 g/mol. The summed E-state index contributed by atoms with van der Waals surface area (Å²) in [4.78, 5) is 68.9. The van der Waals surface area contributed by atoms with Gasteiger partial charge in [-0.15, -0.1) is 10.2 Å². The Kier molecular flexibility index (Phi) is 6.60. The number of amides is 5. The molecule has 224 valence electrons. The maximum atomic E-state index is 15.3. The van der Waals surface area contributed by atoms with Crippen LogP contribution in [-0.4, -0.2) is 100 Å². The molecule has 5 saturated heterocycles. The largest absolute Gasteiger partial charge is 0.369 e. The average molecular weight is 591 g/mol. The lowest BCUT2D eigenvalue weighted by Crippen LogP contribution is -2.69. The van der Waals surface area contributed by atoms with E-state index in [1.54, 1.807) is 12.1 Å². The molecule has 5 fully saturated rings. The molecule has 13 nitrogen and oxygen atoms in total. The van der Waals surface area contributed by atoms with Crippen molar-refractivity contribution in [3.05, 3.63) is 46.9 Å². The molecule has 6 aliphatic heterocycles. The molecular formula is C29H31FN8O5. The summed E-state index contributed by atoms with van der Waals surface area (Å²) in [6, 6.07) is 5.66. The van der Waals surface area contributed by atoms with E-state index >= 15 is 4.39 Å². The lowest BCUT2D eigenvalue weighted by atomic mass is 9.84. The van der Waals surface area contributed by atoms with E-state index < -0.39 is 41.4 Å². The Morgan fingerprint density at radius 2 is 1.65 bits per heavy atom. The molecule has 43 heavy (non-hydrogen) atoms. The fourth-order valence-corrected chi connectivity index (χ4v) is 7.17. The van der Waals surface area contributed by atoms with Crippen molar-refractivity contribution < 1.29 is 28.4 Å². The van der Waals surface area contributed by atoms with Gasteiger partial charge in [0.25, 0.3) is 17.7 Å². The summed E-state index contributed by atoms with van der Waals surface area (Å²) in [6.45, 7) is 3.88. The molecule has 7 heterocycles. The number of nitrogens with zero attached hydrogens (tertiary/aromatic N) is 6. The number of carbonyl (C=O) groups is 5. The summed E-state index contributed by atoms with van der Waals surface area (Å²) in [5.41, 5.74) is 5.72. The number of benzene rings is 1. The van der Waals surface area contributed by atoms with Crippen LogP contribution < -0.4 is 20.9 Å². The summed E-state index contributed by atoms with van der Waals surface area (Å²) in [5, 5.41) is 10.3. The molecule has 3 N–H and O–H groups in total. The van der Waals surface area contributed by atoms with Crippen molar-refractivity contribution in [2.45, 2.75) is 50.2 Å². The average Bonchev–Trinajstić information content (AvgIpc) is 3.24. The fraction of sp³-hybridized carbons (Fsp3) is 0.483. The standard InChI is InChI=1S/C29H31FN8O5/c30-20-10-18-19(29(43)38(28(18)42)22-2-4-25(39)32-27(22)41)11-23(20)35-7-5-15(6-8-35)12-37-16-9-17(37)14-36(13-16)24-3-1-21(26(31)40)33-34-24/h1,3,10-11,15-17,22H,2,4-9,12-14H2,(H2,31,40)(H,32,39,41). The molecule has 5 amide bonds. The van der Waals surface area contributed by atoms with E-state index in [0.717, 1.165) is 55.7 Å². The number of piperazine rings is 1. The van der Waals surface area contributed by atoms with Gasteiger partial charge >= 0.3 is 0 Å². The highest BCUT2D eigenvalue weighted by Crippen LogP contribution is 2.37. The highest BCUT2D eigenvalue weighted by molar-refractivity contribution is 6.23. The van der Waals surface area contributed by atoms with Crippen LogP contribution in [0.3, 0.4) is 0 Å². The number of anilines is 2. The van der Waals surface area contributed by atoms with Crippen LogP contribution in [0.1, 0.15) is 63.3 Å². The summed E-state index contributed by atoms with van der Waals surface area (Å²) >= 11 is 0. The van der Waals surface area contributed by atoms with Crippen molar-refractivity contribution in [3.63, 3.8) is 0 Å². The van der Waals surface area contributed by atoms with Crippen molar-refractivity contribution in [1.29, 1.82) is 0 Å². The van der Waals surface area contributed by atoms with Gasteiger partial charge in [0.15, 0.2) is 11.5 Å². The number of primary amides is 1. The topological polar surface area (TPSA) is 162 Å². The second-order valence-electron chi connectivity index (χ2n) is 12.0. The van der Waals surface area contributed by atoms with E-state index in [0.29, 0.717) is 31.1 Å². The van der Waals surface area contributed by atoms with Crippen molar-refractivity contribution >= 4 is 41.0 Å². The van der Waals surface area contributed by atoms with Crippen LogP contribution in [0.2, 0.25) is 0 Å². The highest BCUT2D eigenvalue weighted by Gasteiger charge is 2.47. The first-order valence-electron chi connectivity index (χ1n) is 14.6. The molecule has 8 rings (SSSR count). The van der Waals surface area contributed by atoms with Crippen LogP contribution in [0, 0.1) is 11.7 Å². The number of fused-ring (bicyclic) bond motifs is 3. The van der Waals surface area contributed by atoms with E-state index in [2.05, 4.69) is 25.3 Å². The number of carbonyl (C=O) groups excluding carboxylic acids is 5. The number of aromatic nitrogens is 2. The lowest BCUT2D eigenvalue weighted by Gasteiger charge is -2.57. The van der Waals surface area contributed by atoms with Gasteiger partial charge in [-0.05, 0) is 55.9 Å². The van der Waals surface area contributed by atoms with Crippen LogP contribution in [0.25, 0.3) is 0 Å². The number of halogens is 1. The van der Waals surface area contributed by atoms with Crippen molar-refractivity contribution in [1.82, 2.24) is 25.3 Å². The van der Waals surface area contributed by atoms with Gasteiger partial charge in [0.1, 0.15) is 11.9 Å². The van der Waals surface area contributed by atoms with E-state index in [1.807, 2.05) is 4.90 Å². The molecule has 6 aliphatic rings. The Labute approximate surface area is 246 Å². The van der Waals surface area contributed by atoms with Gasteiger partial charge in [-0.25, -0.2) is 4.39 Å². The second kappa shape index (κ2) is 10.4. The molecule has 1 aromatic heterocycles. The Morgan fingerprint density at radius 1 is 0.953 bits per heavy atom. The summed E-state index contributed by atoms with van der Waals surface area (Å²) in [7, 11) is 0. The third-order valence-electron chi connectivity index (χ3n) is 9.50. The van der Waals surface area contributed by atoms with Crippen LogP contribution in [0.15, 0.2) is 24.3 Å². The third kappa shape index (κ3) is 4.69. The Morgan fingerprint density at radius 3 is 2.28 bits per heavy atom. The minimum Gasteiger partial charge on any atom is -0.369 e. The normalized spacial score (nSPS) is 26.0. The first-order chi connectivity index (χ1) is 20.7. The molecule has 0 saturated carbocycles. The van der Waals surface area contributed by atoms with Gasteiger partial charge < -0.3 is 15.5 Å². The summed E-state index contributed by atoms with van der Waals surface area (Å²) in [6.07, 6.45) is 2.94. The fourth-order valence-electron chi connectivity index (χ4n) is 7.17. The molecule has 1 aromatic carbocycles. The predicted octanol–water partition coefficient (Wildman–Crippen LogP) is 0.295. The van der Waals surface area contributed by atoms with Gasteiger partial charge in [0, 0.05) is 51.2 Å². The number of imide groups is 2. The number of rotatable bonds is 6. The van der Waals surface area contributed by atoms with Gasteiger partial charge in [0.2, 0.25) is 11.8 Å². The molecule has 0 aliphatic carbocycles. The quantitative estimate of drug-likeness (QED) is 0.448. The van der Waals surface area contributed by atoms with E-state index in [-0.39, 0.29) is 35.3 Å². The SMILES string of the molecule is NC(=O)c1ccc(N2CC3CC(C2)N3CC2CCN(c3cc4c(cc3F)C(=O)N(C3CCC(=O)NC3=O)C4=O)CC2)nn1. The highest BCUT2D eigenvalue weighted by atomic mass is 19.1. The van der Waals surface area contributed by atoms with E-state index in [9.17, 15) is 24.0 Å². The minimum absolute atomic E-state index is 0.0242. The smallest absolute Gasteiger partial charge is 0.269 e. The Hall–Kier alpha value is -4.46. The predicted molar refractivity (Wildman–Crippen MR) is 150 cm³/mol. The lowest BCUT2D eigenvalue weighted by molar-refractivity contribution is -0.136. The zero-order chi connectivity index (χ0) is 30.0. The Balaban J connectivity index is 0.961. The first-order valence-corrected chi connectivity index (χ1v) is 14.6. The molecule has 2 bridgehead atoms. The zero-order valence-electron chi connectivity index (χ0n) is 23.4. The summed E-state index contributed by atoms with van der Waals surface area (Å²) < 4.78 is 15.3. The maximum absolute atomic E-state index is 15.3. The van der Waals surface area contributed by atoms with Gasteiger partial charge in [-0.1, -0.05) is 0 Å². The summed E-state index contributed by atoms with van der Waals surface area (Å²) in [5.74, 6) is -2.48.